The van der Waals surface area contributed by atoms with Crippen molar-refractivity contribution in [1.29, 1.82) is 0 Å². The van der Waals surface area contributed by atoms with Gasteiger partial charge < -0.3 is 14.2 Å². The van der Waals surface area contributed by atoms with E-state index in [2.05, 4.69) is 15.1 Å². The van der Waals surface area contributed by atoms with Gasteiger partial charge in [-0.15, -0.1) is 0 Å². The Morgan fingerprint density at radius 1 is 1.38 bits per heavy atom. The molecule has 5 nitrogen and oxygen atoms in total. The van der Waals surface area contributed by atoms with Crippen LogP contribution < -0.4 is 0 Å². The number of nitrogens with one attached hydrogen (secondary N) is 1. The number of hydrogen-bond acceptors (Lipinski definition) is 4. The molecule has 2 aromatic heterocycles. The zero-order valence-corrected chi connectivity index (χ0v) is 11.5. The smallest absolute Gasteiger partial charge is 0.274 e. The first-order valence-corrected chi connectivity index (χ1v) is 6.92. The van der Waals surface area contributed by atoms with Crippen LogP contribution in [0.5, 0.6) is 0 Å². The van der Waals surface area contributed by atoms with Crippen LogP contribution in [0.3, 0.4) is 0 Å². The summed E-state index contributed by atoms with van der Waals surface area (Å²) in [5, 5.41) is 4.87. The van der Waals surface area contributed by atoms with Crippen molar-refractivity contribution in [3.05, 3.63) is 35.4 Å². The summed E-state index contributed by atoms with van der Waals surface area (Å²) >= 11 is 0. The summed E-state index contributed by atoms with van der Waals surface area (Å²) in [5.41, 5.74) is 2.50. The van der Waals surface area contributed by atoms with Gasteiger partial charge in [-0.2, -0.15) is 4.98 Å². The fourth-order valence-corrected chi connectivity index (χ4v) is 2.75. The lowest BCUT2D eigenvalue weighted by Crippen LogP contribution is -1.99. The Balaban J connectivity index is 1.77. The molecule has 0 aliphatic carbocycles. The van der Waals surface area contributed by atoms with E-state index in [1.54, 1.807) is 6.07 Å². The third-order valence-corrected chi connectivity index (χ3v) is 3.97. The summed E-state index contributed by atoms with van der Waals surface area (Å²) in [5.74, 6) is 1.05. The van der Waals surface area contributed by atoms with Crippen molar-refractivity contribution in [3.8, 4) is 11.6 Å². The lowest BCUT2D eigenvalue weighted by Gasteiger charge is -1.97. The van der Waals surface area contributed by atoms with Crippen molar-refractivity contribution in [2.45, 2.75) is 19.3 Å². The molecule has 1 fully saturated rings. The van der Waals surface area contributed by atoms with E-state index in [1.807, 2.05) is 6.92 Å². The molecule has 6 heteroatoms. The second-order valence-corrected chi connectivity index (χ2v) is 5.33. The molecule has 0 unspecified atom stereocenters. The maximum Gasteiger partial charge on any atom is 0.274 e. The molecule has 1 atom stereocenters. The predicted octanol–water partition coefficient (Wildman–Crippen LogP) is 3.17. The SMILES string of the molecule is Cc1c(-c2nc([C@H]3CCOC3)no2)[nH]c2ccc(F)cc12. The van der Waals surface area contributed by atoms with Gasteiger partial charge in [0.1, 0.15) is 11.5 Å². The lowest BCUT2D eigenvalue weighted by molar-refractivity contribution is 0.192. The molecule has 0 radical (unpaired) electrons. The van der Waals surface area contributed by atoms with Gasteiger partial charge in [0.05, 0.1) is 6.61 Å². The van der Waals surface area contributed by atoms with Gasteiger partial charge in [-0.1, -0.05) is 5.16 Å². The first-order chi connectivity index (χ1) is 10.2. The van der Waals surface area contributed by atoms with E-state index >= 15 is 0 Å². The summed E-state index contributed by atoms with van der Waals surface area (Å²) < 4.78 is 24.1. The highest BCUT2D eigenvalue weighted by atomic mass is 19.1. The van der Waals surface area contributed by atoms with Gasteiger partial charge >= 0.3 is 0 Å². The maximum absolute atomic E-state index is 13.4. The van der Waals surface area contributed by atoms with E-state index < -0.39 is 0 Å². The fourth-order valence-electron chi connectivity index (χ4n) is 2.75. The predicted molar refractivity (Wildman–Crippen MR) is 74.5 cm³/mol. The molecule has 0 saturated carbocycles. The number of nitrogens with zero attached hydrogens (tertiary/aromatic N) is 2. The second kappa shape index (κ2) is 4.66. The molecule has 1 aliphatic heterocycles. The number of aromatic amines is 1. The number of rotatable bonds is 2. The molecule has 0 spiro atoms. The minimum Gasteiger partial charge on any atom is -0.381 e. The third kappa shape index (κ3) is 2.03. The van der Waals surface area contributed by atoms with E-state index in [9.17, 15) is 4.39 Å². The average molecular weight is 287 g/mol. The van der Waals surface area contributed by atoms with Crippen molar-refractivity contribution in [1.82, 2.24) is 15.1 Å². The number of aromatic nitrogens is 3. The van der Waals surface area contributed by atoms with E-state index in [1.165, 1.54) is 12.1 Å². The van der Waals surface area contributed by atoms with Crippen LogP contribution in [-0.2, 0) is 4.74 Å². The van der Waals surface area contributed by atoms with Crippen LogP contribution in [0.15, 0.2) is 22.7 Å². The van der Waals surface area contributed by atoms with Crippen molar-refractivity contribution in [3.63, 3.8) is 0 Å². The standard InChI is InChI=1S/C15H14FN3O2/c1-8-11-6-10(16)2-3-12(11)17-13(8)15-18-14(19-21-15)9-4-5-20-7-9/h2-3,6,9,17H,4-5,7H2,1H3/t9-/m0/s1. The molecular weight excluding hydrogens is 273 g/mol. The van der Waals surface area contributed by atoms with Crippen LogP contribution in [0, 0.1) is 12.7 Å². The molecule has 1 saturated heterocycles. The maximum atomic E-state index is 13.4. The first-order valence-electron chi connectivity index (χ1n) is 6.92. The number of benzene rings is 1. The largest absolute Gasteiger partial charge is 0.381 e. The molecule has 4 rings (SSSR count). The van der Waals surface area contributed by atoms with Crippen LogP contribution in [0.4, 0.5) is 4.39 Å². The average Bonchev–Trinajstić information content (AvgIpc) is 3.18. The van der Waals surface area contributed by atoms with E-state index in [0.717, 1.165) is 35.2 Å². The first kappa shape index (κ1) is 12.5. The Hall–Kier alpha value is -2.21. The van der Waals surface area contributed by atoms with Crippen molar-refractivity contribution in [2.24, 2.45) is 0 Å². The Bertz CT molecular complexity index is 802. The number of halogens is 1. The molecule has 1 aromatic carbocycles. The summed E-state index contributed by atoms with van der Waals surface area (Å²) in [6.07, 6.45) is 0.913. The van der Waals surface area contributed by atoms with Crippen LogP contribution in [-0.4, -0.2) is 28.3 Å². The minimum absolute atomic E-state index is 0.199. The van der Waals surface area contributed by atoms with Gasteiger partial charge in [-0.3, -0.25) is 0 Å². The van der Waals surface area contributed by atoms with Gasteiger partial charge in [0.15, 0.2) is 5.82 Å². The van der Waals surface area contributed by atoms with Gasteiger partial charge in [0.2, 0.25) is 0 Å². The van der Waals surface area contributed by atoms with E-state index in [0.29, 0.717) is 18.3 Å². The van der Waals surface area contributed by atoms with Gasteiger partial charge in [0, 0.05) is 23.4 Å². The highest BCUT2D eigenvalue weighted by Crippen LogP contribution is 2.31. The Labute approximate surface area is 120 Å². The summed E-state index contributed by atoms with van der Waals surface area (Å²) in [7, 11) is 0. The highest BCUT2D eigenvalue weighted by molar-refractivity contribution is 5.89. The third-order valence-electron chi connectivity index (χ3n) is 3.97. The normalized spacial score (nSPS) is 18.7. The summed E-state index contributed by atoms with van der Waals surface area (Å²) in [4.78, 5) is 7.68. The number of aryl methyl sites for hydroxylation is 1. The Morgan fingerprint density at radius 3 is 3.10 bits per heavy atom. The van der Waals surface area contributed by atoms with Crippen LogP contribution in [0.1, 0.15) is 23.7 Å². The quantitative estimate of drug-likeness (QED) is 0.786. The number of hydrogen-bond donors (Lipinski definition) is 1. The molecular formula is C15H14FN3O2. The Kier molecular flexibility index (Phi) is 2.78. The van der Waals surface area contributed by atoms with Crippen molar-refractivity contribution in [2.75, 3.05) is 13.2 Å². The molecule has 3 heterocycles. The van der Waals surface area contributed by atoms with Gasteiger partial charge in [-0.05, 0) is 37.1 Å². The zero-order valence-electron chi connectivity index (χ0n) is 11.5. The highest BCUT2D eigenvalue weighted by Gasteiger charge is 2.24. The van der Waals surface area contributed by atoms with Gasteiger partial charge in [0.25, 0.3) is 5.89 Å². The van der Waals surface area contributed by atoms with Crippen molar-refractivity contribution < 1.29 is 13.7 Å². The molecule has 1 N–H and O–H groups in total. The minimum atomic E-state index is -0.259. The Morgan fingerprint density at radius 2 is 2.29 bits per heavy atom. The van der Waals surface area contributed by atoms with Gasteiger partial charge in [-0.25, -0.2) is 4.39 Å². The molecule has 21 heavy (non-hydrogen) atoms. The molecule has 1 aliphatic rings. The second-order valence-electron chi connectivity index (χ2n) is 5.33. The topological polar surface area (TPSA) is 63.9 Å². The number of ether oxygens (including phenoxy) is 1. The monoisotopic (exact) mass is 287 g/mol. The van der Waals surface area contributed by atoms with Crippen LogP contribution in [0.25, 0.3) is 22.5 Å². The lowest BCUT2D eigenvalue weighted by atomic mass is 10.1. The van der Waals surface area contributed by atoms with E-state index in [4.69, 9.17) is 9.26 Å². The fraction of sp³-hybridized carbons (Fsp3) is 0.333. The molecule has 0 amide bonds. The molecule has 0 bridgehead atoms. The summed E-state index contributed by atoms with van der Waals surface area (Å²) in [6.45, 7) is 3.28. The molecule has 3 aromatic rings. The number of H-pyrrole nitrogens is 1. The molecule has 108 valence electrons. The zero-order chi connectivity index (χ0) is 14.4. The van der Waals surface area contributed by atoms with Crippen molar-refractivity contribution >= 4 is 10.9 Å². The van der Waals surface area contributed by atoms with E-state index in [-0.39, 0.29) is 11.7 Å². The number of fused-ring (bicyclic) bond motifs is 1. The van der Waals surface area contributed by atoms with Crippen LogP contribution >= 0.6 is 0 Å². The summed E-state index contributed by atoms with van der Waals surface area (Å²) in [6, 6.07) is 4.65. The van der Waals surface area contributed by atoms with Crippen LogP contribution in [0.2, 0.25) is 0 Å².